The van der Waals surface area contributed by atoms with Crippen molar-refractivity contribution in [2.75, 3.05) is 0 Å². The predicted octanol–water partition coefficient (Wildman–Crippen LogP) is 2.76. The number of rotatable bonds is 3. The van der Waals surface area contributed by atoms with Crippen LogP contribution in [0.1, 0.15) is 5.56 Å². The molecule has 0 saturated heterocycles. The number of hydrogen-bond donors (Lipinski definition) is 1. The highest BCUT2D eigenvalue weighted by Gasteiger charge is 2.18. The van der Waals surface area contributed by atoms with Crippen LogP contribution in [-0.2, 0) is 11.2 Å². The minimum absolute atomic E-state index is 0.0607. The lowest BCUT2D eigenvalue weighted by Gasteiger charge is -2.06. The van der Waals surface area contributed by atoms with E-state index in [0.29, 0.717) is 15.6 Å². The van der Waals surface area contributed by atoms with Gasteiger partial charge in [-0.15, -0.1) is 0 Å². The first-order chi connectivity index (χ1) is 7.04. The third kappa shape index (κ3) is 3.12. The summed E-state index contributed by atoms with van der Waals surface area (Å²) in [6.45, 7) is 0. The zero-order valence-corrected chi connectivity index (χ0v) is 9.09. The third-order valence-corrected chi connectivity index (χ3v) is 2.49. The molecule has 0 heterocycles. The number of aliphatic carboxylic acids is 1. The van der Waals surface area contributed by atoms with Gasteiger partial charge in [0.15, 0.2) is 0 Å². The summed E-state index contributed by atoms with van der Waals surface area (Å²) in [4.78, 5) is 10.6. The largest absolute Gasteiger partial charge is 0.480 e. The van der Waals surface area contributed by atoms with Gasteiger partial charge in [-0.05, 0) is 23.8 Å². The molecule has 1 atom stereocenters. The van der Waals surface area contributed by atoms with Gasteiger partial charge in [0.2, 0.25) is 0 Å². The summed E-state index contributed by atoms with van der Waals surface area (Å²) in [6.07, 6.45) is 0.0607. The van der Waals surface area contributed by atoms with Gasteiger partial charge in [0.1, 0.15) is 5.92 Å². The van der Waals surface area contributed by atoms with Crippen molar-refractivity contribution in [3.05, 3.63) is 33.8 Å². The summed E-state index contributed by atoms with van der Waals surface area (Å²) >= 11 is 11.6. The predicted molar refractivity (Wildman–Crippen MR) is 56.9 cm³/mol. The molecule has 1 rings (SSSR count). The highest BCUT2D eigenvalue weighted by atomic mass is 35.5. The molecule has 0 radical (unpaired) electrons. The van der Waals surface area contributed by atoms with Crippen molar-refractivity contribution in [2.24, 2.45) is 5.92 Å². The minimum atomic E-state index is -1.16. The Hall–Kier alpha value is -1.24. The lowest BCUT2D eigenvalue weighted by Crippen LogP contribution is -2.14. The molecule has 0 spiro atoms. The van der Waals surface area contributed by atoms with E-state index in [1.165, 1.54) is 0 Å². The fourth-order valence-corrected chi connectivity index (χ4v) is 1.50. The molecular formula is C10H7Cl2NO2. The van der Waals surface area contributed by atoms with E-state index in [9.17, 15) is 4.79 Å². The number of nitrogens with zero attached hydrogens (tertiary/aromatic N) is 1. The summed E-state index contributed by atoms with van der Waals surface area (Å²) in [7, 11) is 0. The number of benzene rings is 1. The van der Waals surface area contributed by atoms with Crippen molar-refractivity contribution in [3.63, 3.8) is 0 Å². The van der Waals surface area contributed by atoms with E-state index in [0.717, 1.165) is 0 Å². The van der Waals surface area contributed by atoms with Gasteiger partial charge in [0.05, 0.1) is 6.07 Å². The van der Waals surface area contributed by atoms with Crippen molar-refractivity contribution in [3.8, 4) is 6.07 Å². The van der Waals surface area contributed by atoms with Crippen LogP contribution in [0.2, 0.25) is 10.0 Å². The van der Waals surface area contributed by atoms with Crippen molar-refractivity contribution in [2.45, 2.75) is 6.42 Å². The average Bonchev–Trinajstić information content (AvgIpc) is 2.18. The van der Waals surface area contributed by atoms with E-state index in [1.807, 2.05) is 0 Å². The third-order valence-electron chi connectivity index (χ3n) is 1.89. The number of nitriles is 1. The Morgan fingerprint density at radius 2 is 2.20 bits per heavy atom. The minimum Gasteiger partial charge on any atom is -0.480 e. The second-order valence-electron chi connectivity index (χ2n) is 2.96. The molecule has 1 aromatic rings. The molecule has 0 unspecified atom stereocenters. The second-order valence-corrected chi connectivity index (χ2v) is 3.80. The van der Waals surface area contributed by atoms with Gasteiger partial charge in [0.25, 0.3) is 0 Å². The standard InChI is InChI=1S/C10H7Cl2NO2/c11-8-1-2-9(12)6(4-8)3-7(5-13)10(14)15/h1-2,4,7H,3H2,(H,14,15)/t7-/m0/s1. The van der Waals surface area contributed by atoms with Crippen LogP contribution in [0.25, 0.3) is 0 Å². The average molecular weight is 244 g/mol. The lowest BCUT2D eigenvalue weighted by atomic mass is 10.0. The normalized spacial score (nSPS) is 11.8. The monoisotopic (exact) mass is 243 g/mol. The Bertz CT molecular complexity index is 426. The van der Waals surface area contributed by atoms with Crippen LogP contribution in [0.15, 0.2) is 18.2 Å². The van der Waals surface area contributed by atoms with E-state index in [-0.39, 0.29) is 6.42 Å². The number of carbonyl (C=O) groups is 1. The quantitative estimate of drug-likeness (QED) is 0.889. The van der Waals surface area contributed by atoms with E-state index < -0.39 is 11.9 Å². The van der Waals surface area contributed by atoms with Crippen LogP contribution in [0.3, 0.4) is 0 Å². The maximum absolute atomic E-state index is 10.6. The fraction of sp³-hybridized carbons (Fsp3) is 0.200. The van der Waals surface area contributed by atoms with Gasteiger partial charge in [-0.3, -0.25) is 4.79 Å². The summed E-state index contributed by atoms with van der Waals surface area (Å²) in [5, 5.41) is 18.2. The Balaban J connectivity index is 2.93. The van der Waals surface area contributed by atoms with Crippen molar-refractivity contribution in [1.82, 2.24) is 0 Å². The first kappa shape index (κ1) is 11.8. The van der Waals surface area contributed by atoms with Crippen LogP contribution >= 0.6 is 23.2 Å². The van der Waals surface area contributed by atoms with E-state index in [2.05, 4.69) is 0 Å². The molecule has 0 saturated carbocycles. The Morgan fingerprint density at radius 1 is 1.53 bits per heavy atom. The first-order valence-corrected chi connectivity index (χ1v) is 4.86. The maximum Gasteiger partial charge on any atom is 0.321 e. The van der Waals surface area contributed by atoms with Crippen LogP contribution < -0.4 is 0 Å². The van der Waals surface area contributed by atoms with Crippen LogP contribution in [0.5, 0.6) is 0 Å². The van der Waals surface area contributed by atoms with Gasteiger partial charge in [-0.1, -0.05) is 23.2 Å². The molecule has 0 amide bonds. The van der Waals surface area contributed by atoms with Crippen LogP contribution in [0.4, 0.5) is 0 Å². The highest BCUT2D eigenvalue weighted by molar-refractivity contribution is 6.33. The van der Waals surface area contributed by atoms with Crippen LogP contribution in [0, 0.1) is 17.2 Å². The van der Waals surface area contributed by atoms with E-state index >= 15 is 0 Å². The molecule has 1 N–H and O–H groups in total. The summed E-state index contributed by atoms with van der Waals surface area (Å²) in [5.74, 6) is -2.26. The summed E-state index contributed by atoms with van der Waals surface area (Å²) in [5.41, 5.74) is 0.568. The molecule has 5 heteroatoms. The van der Waals surface area contributed by atoms with Crippen LogP contribution in [-0.4, -0.2) is 11.1 Å². The molecular weight excluding hydrogens is 237 g/mol. The van der Waals surface area contributed by atoms with Gasteiger partial charge in [-0.25, -0.2) is 0 Å². The lowest BCUT2D eigenvalue weighted by molar-refractivity contribution is -0.139. The second kappa shape index (κ2) is 5.01. The fourth-order valence-electron chi connectivity index (χ4n) is 1.11. The highest BCUT2D eigenvalue weighted by Crippen LogP contribution is 2.23. The Labute approximate surface area is 96.8 Å². The number of hydrogen-bond acceptors (Lipinski definition) is 2. The van der Waals surface area contributed by atoms with Gasteiger partial charge >= 0.3 is 5.97 Å². The van der Waals surface area contributed by atoms with Crippen molar-refractivity contribution >= 4 is 29.2 Å². The van der Waals surface area contributed by atoms with Gasteiger partial charge < -0.3 is 5.11 Å². The summed E-state index contributed by atoms with van der Waals surface area (Å²) < 4.78 is 0. The van der Waals surface area contributed by atoms with Crippen molar-refractivity contribution in [1.29, 1.82) is 5.26 Å². The molecule has 0 aromatic heterocycles. The van der Waals surface area contributed by atoms with E-state index in [1.54, 1.807) is 24.3 Å². The topological polar surface area (TPSA) is 61.1 Å². The Kier molecular flexibility index (Phi) is 3.96. The molecule has 0 fully saturated rings. The zero-order chi connectivity index (χ0) is 11.4. The van der Waals surface area contributed by atoms with Gasteiger partial charge in [0, 0.05) is 16.5 Å². The SMILES string of the molecule is N#C[C@H](Cc1cc(Cl)ccc1Cl)C(=O)O. The Morgan fingerprint density at radius 3 is 2.73 bits per heavy atom. The first-order valence-electron chi connectivity index (χ1n) is 4.11. The molecule has 0 aliphatic carbocycles. The van der Waals surface area contributed by atoms with Crippen molar-refractivity contribution < 1.29 is 9.90 Å². The molecule has 0 aliphatic rings. The number of carboxylic acids is 1. The molecule has 78 valence electrons. The van der Waals surface area contributed by atoms with E-state index in [4.69, 9.17) is 33.6 Å². The molecule has 15 heavy (non-hydrogen) atoms. The molecule has 0 aliphatic heterocycles. The van der Waals surface area contributed by atoms with Gasteiger partial charge in [-0.2, -0.15) is 5.26 Å². The molecule has 1 aromatic carbocycles. The molecule has 3 nitrogen and oxygen atoms in total. The maximum atomic E-state index is 10.6. The summed E-state index contributed by atoms with van der Waals surface area (Å²) in [6, 6.07) is 6.45. The number of halogens is 2. The zero-order valence-electron chi connectivity index (χ0n) is 7.58. The number of carboxylic acid groups (broad SMARTS) is 1. The smallest absolute Gasteiger partial charge is 0.321 e. The molecule has 0 bridgehead atoms.